The highest BCUT2D eigenvalue weighted by atomic mass is 79.9. The van der Waals surface area contributed by atoms with Crippen LogP contribution in [0, 0.1) is 11.7 Å². The molecule has 1 rings (SSSR count). The van der Waals surface area contributed by atoms with E-state index in [0.29, 0.717) is 5.92 Å². The molecule has 0 saturated heterocycles. The van der Waals surface area contributed by atoms with Gasteiger partial charge >= 0.3 is 0 Å². The lowest BCUT2D eigenvalue weighted by Gasteiger charge is -2.21. The van der Waals surface area contributed by atoms with Gasteiger partial charge in [0.05, 0.1) is 0 Å². The first-order valence-corrected chi connectivity index (χ1v) is 6.76. The second kappa shape index (κ2) is 7.02. The number of alkyl halides is 1. The lowest BCUT2D eigenvalue weighted by molar-refractivity contribution is 0.278. The quantitative estimate of drug-likeness (QED) is 0.722. The van der Waals surface area contributed by atoms with Crippen LogP contribution in [0.2, 0.25) is 0 Å². The predicted octanol–water partition coefficient (Wildman–Crippen LogP) is 3.68. The molecule has 90 valence electrons. The van der Waals surface area contributed by atoms with Gasteiger partial charge in [-0.1, -0.05) is 41.4 Å². The maximum Gasteiger partial charge on any atom is 0.123 e. The van der Waals surface area contributed by atoms with Crippen molar-refractivity contribution in [2.75, 3.05) is 18.9 Å². The van der Waals surface area contributed by atoms with Crippen molar-refractivity contribution in [3.8, 4) is 0 Å². The molecule has 1 aromatic rings. The molecule has 0 aliphatic carbocycles. The molecule has 16 heavy (non-hydrogen) atoms. The number of hydrogen-bond donors (Lipinski definition) is 0. The van der Waals surface area contributed by atoms with Crippen molar-refractivity contribution in [2.24, 2.45) is 5.92 Å². The van der Waals surface area contributed by atoms with Gasteiger partial charge in [-0.15, -0.1) is 0 Å². The Morgan fingerprint density at radius 2 is 1.94 bits per heavy atom. The molecule has 0 aromatic heterocycles. The van der Waals surface area contributed by atoms with Crippen LogP contribution in [-0.2, 0) is 6.54 Å². The van der Waals surface area contributed by atoms with Crippen molar-refractivity contribution in [1.29, 1.82) is 0 Å². The van der Waals surface area contributed by atoms with Crippen LogP contribution in [0.3, 0.4) is 0 Å². The van der Waals surface area contributed by atoms with E-state index in [0.717, 1.165) is 24.0 Å². The molecular weight excluding hydrogens is 269 g/mol. The Balaban J connectivity index is 2.44. The van der Waals surface area contributed by atoms with Crippen molar-refractivity contribution >= 4 is 15.9 Å². The van der Waals surface area contributed by atoms with Crippen LogP contribution in [-0.4, -0.2) is 23.8 Å². The van der Waals surface area contributed by atoms with Gasteiger partial charge in [-0.05, 0) is 30.7 Å². The van der Waals surface area contributed by atoms with Gasteiger partial charge in [0.25, 0.3) is 0 Å². The summed E-state index contributed by atoms with van der Waals surface area (Å²) in [5.41, 5.74) is 1.16. The van der Waals surface area contributed by atoms with Crippen molar-refractivity contribution in [3.05, 3.63) is 35.6 Å². The van der Waals surface area contributed by atoms with Crippen LogP contribution in [0.25, 0.3) is 0 Å². The Morgan fingerprint density at radius 1 is 1.31 bits per heavy atom. The Labute approximate surface area is 106 Å². The normalized spacial score (nSPS) is 13.1. The molecule has 1 unspecified atom stereocenters. The first-order valence-electron chi connectivity index (χ1n) is 5.64. The third-order valence-corrected chi connectivity index (χ3v) is 3.65. The number of halogens is 2. The van der Waals surface area contributed by atoms with Crippen LogP contribution in [0.1, 0.15) is 18.9 Å². The van der Waals surface area contributed by atoms with E-state index in [4.69, 9.17) is 0 Å². The summed E-state index contributed by atoms with van der Waals surface area (Å²) in [5, 5.41) is 1.04. The molecule has 0 spiro atoms. The topological polar surface area (TPSA) is 3.24 Å². The van der Waals surface area contributed by atoms with Crippen LogP contribution >= 0.6 is 15.9 Å². The van der Waals surface area contributed by atoms with E-state index >= 15 is 0 Å². The summed E-state index contributed by atoms with van der Waals surface area (Å²) in [6.45, 7) is 4.15. The maximum absolute atomic E-state index is 12.7. The van der Waals surface area contributed by atoms with Crippen molar-refractivity contribution in [2.45, 2.75) is 19.9 Å². The number of hydrogen-bond acceptors (Lipinski definition) is 1. The molecule has 0 heterocycles. The fraction of sp³-hybridized carbons (Fsp3) is 0.538. The van der Waals surface area contributed by atoms with Crippen molar-refractivity contribution < 1.29 is 4.39 Å². The Bertz CT molecular complexity index is 295. The number of nitrogens with zero attached hydrogens (tertiary/aromatic N) is 1. The standard InChI is InChI=1S/C13H19BrFN/c1-3-11(8-14)9-16(2)10-12-4-6-13(15)7-5-12/h4-7,11H,3,8-10H2,1-2H3. The van der Waals surface area contributed by atoms with E-state index in [1.807, 2.05) is 12.1 Å². The maximum atomic E-state index is 12.7. The zero-order valence-corrected chi connectivity index (χ0v) is 11.5. The van der Waals surface area contributed by atoms with Crippen molar-refractivity contribution in [3.63, 3.8) is 0 Å². The van der Waals surface area contributed by atoms with E-state index < -0.39 is 0 Å². The third kappa shape index (κ3) is 4.62. The highest BCUT2D eigenvalue weighted by Gasteiger charge is 2.08. The van der Waals surface area contributed by atoms with Crippen LogP contribution in [0.5, 0.6) is 0 Å². The molecule has 0 amide bonds. The van der Waals surface area contributed by atoms with Gasteiger partial charge in [0.15, 0.2) is 0 Å². The third-order valence-electron chi connectivity index (χ3n) is 2.73. The molecule has 1 aromatic carbocycles. The largest absolute Gasteiger partial charge is 0.302 e. The molecule has 0 bridgehead atoms. The average molecular weight is 288 g/mol. The summed E-state index contributed by atoms with van der Waals surface area (Å²) < 4.78 is 12.7. The van der Waals surface area contributed by atoms with E-state index in [-0.39, 0.29) is 5.82 Å². The Morgan fingerprint density at radius 3 is 2.44 bits per heavy atom. The monoisotopic (exact) mass is 287 g/mol. The molecular formula is C13H19BrFN. The zero-order valence-electron chi connectivity index (χ0n) is 9.92. The molecule has 0 radical (unpaired) electrons. The minimum Gasteiger partial charge on any atom is -0.302 e. The first-order chi connectivity index (χ1) is 7.65. The van der Waals surface area contributed by atoms with E-state index in [2.05, 4.69) is 34.8 Å². The summed E-state index contributed by atoms with van der Waals surface area (Å²) in [6.07, 6.45) is 1.18. The SMILES string of the molecule is CCC(CBr)CN(C)Cc1ccc(F)cc1. The van der Waals surface area contributed by atoms with Gasteiger partial charge in [0.1, 0.15) is 5.82 Å². The minimum atomic E-state index is -0.168. The highest BCUT2D eigenvalue weighted by Crippen LogP contribution is 2.11. The fourth-order valence-corrected chi connectivity index (χ4v) is 2.36. The van der Waals surface area contributed by atoms with Crippen LogP contribution < -0.4 is 0 Å². The lowest BCUT2D eigenvalue weighted by Crippen LogP contribution is -2.25. The van der Waals surface area contributed by atoms with Crippen LogP contribution in [0.4, 0.5) is 4.39 Å². The zero-order chi connectivity index (χ0) is 12.0. The summed E-state index contributed by atoms with van der Waals surface area (Å²) in [5.74, 6) is 0.517. The minimum absolute atomic E-state index is 0.168. The van der Waals surface area contributed by atoms with E-state index in [9.17, 15) is 4.39 Å². The van der Waals surface area contributed by atoms with Gasteiger partial charge in [-0.25, -0.2) is 4.39 Å². The van der Waals surface area contributed by atoms with Gasteiger partial charge < -0.3 is 4.90 Å². The molecule has 1 atom stereocenters. The summed E-state index contributed by atoms with van der Waals surface area (Å²) in [7, 11) is 2.11. The summed E-state index contributed by atoms with van der Waals surface area (Å²) >= 11 is 3.52. The molecule has 3 heteroatoms. The lowest BCUT2D eigenvalue weighted by atomic mass is 10.1. The van der Waals surface area contributed by atoms with E-state index in [1.54, 1.807) is 0 Å². The molecule has 0 fully saturated rings. The second-order valence-corrected chi connectivity index (χ2v) is 4.90. The van der Waals surface area contributed by atoms with Gasteiger partial charge in [-0.2, -0.15) is 0 Å². The number of benzene rings is 1. The molecule has 0 aliphatic heterocycles. The van der Waals surface area contributed by atoms with Crippen molar-refractivity contribution in [1.82, 2.24) is 4.90 Å². The Kier molecular flexibility index (Phi) is 5.99. The molecule has 0 saturated carbocycles. The number of rotatable bonds is 6. The predicted molar refractivity (Wildman–Crippen MR) is 70.3 cm³/mol. The summed E-state index contributed by atoms with van der Waals surface area (Å²) in [6, 6.07) is 6.73. The fourth-order valence-electron chi connectivity index (χ4n) is 1.69. The second-order valence-electron chi connectivity index (χ2n) is 4.25. The molecule has 0 N–H and O–H groups in total. The highest BCUT2D eigenvalue weighted by molar-refractivity contribution is 9.09. The van der Waals surface area contributed by atoms with Gasteiger partial charge in [0.2, 0.25) is 0 Å². The first kappa shape index (κ1) is 13.7. The smallest absolute Gasteiger partial charge is 0.123 e. The van der Waals surface area contributed by atoms with Crippen LogP contribution in [0.15, 0.2) is 24.3 Å². The summed E-state index contributed by atoms with van der Waals surface area (Å²) in [4.78, 5) is 2.28. The molecule has 0 aliphatic rings. The van der Waals surface area contributed by atoms with E-state index in [1.165, 1.54) is 18.6 Å². The van der Waals surface area contributed by atoms with Gasteiger partial charge in [-0.3, -0.25) is 0 Å². The Hall–Kier alpha value is -0.410. The van der Waals surface area contributed by atoms with Gasteiger partial charge in [0, 0.05) is 18.4 Å². The molecule has 1 nitrogen and oxygen atoms in total. The average Bonchev–Trinajstić information content (AvgIpc) is 2.29.